The Hall–Kier alpha value is -4.58. The molecule has 2 aromatic carbocycles. The Kier molecular flexibility index (Phi) is 5.82. The van der Waals surface area contributed by atoms with Crippen molar-refractivity contribution in [3.05, 3.63) is 82.1 Å². The molecule has 2 aromatic heterocycles. The fraction of sp³-hybridized carbons (Fsp3) is 0.160. The van der Waals surface area contributed by atoms with Gasteiger partial charge in [0, 0.05) is 28.3 Å². The number of hydrogen-bond acceptors (Lipinski definition) is 5. The van der Waals surface area contributed by atoms with E-state index in [1.54, 1.807) is 11.6 Å². The van der Waals surface area contributed by atoms with Crippen LogP contribution in [0.1, 0.15) is 43.4 Å². The van der Waals surface area contributed by atoms with Crippen LogP contribution in [0.25, 0.3) is 22.0 Å². The summed E-state index contributed by atoms with van der Waals surface area (Å²) in [7, 11) is 0. The van der Waals surface area contributed by atoms with Gasteiger partial charge in [-0.05, 0) is 37.1 Å². The molecule has 2 heterocycles. The van der Waals surface area contributed by atoms with Crippen LogP contribution < -0.4 is 11.5 Å². The Morgan fingerprint density at radius 3 is 2.32 bits per heavy atom. The van der Waals surface area contributed by atoms with Crippen LogP contribution in [0.2, 0.25) is 0 Å². The van der Waals surface area contributed by atoms with Crippen LogP contribution >= 0.6 is 0 Å². The molecular weight excluding hydrogens is 435 g/mol. The third-order valence-electron chi connectivity index (χ3n) is 5.70. The minimum atomic E-state index is -0.872. The monoisotopic (exact) mass is 456 g/mol. The van der Waals surface area contributed by atoms with Gasteiger partial charge in [0.1, 0.15) is 11.5 Å². The van der Waals surface area contributed by atoms with Gasteiger partial charge in [0.05, 0.1) is 35.8 Å². The fourth-order valence-electron chi connectivity index (χ4n) is 4.16. The lowest BCUT2D eigenvalue weighted by atomic mass is 9.92. The summed E-state index contributed by atoms with van der Waals surface area (Å²) >= 11 is 0. The van der Waals surface area contributed by atoms with Gasteiger partial charge in [0.25, 0.3) is 5.91 Å². The number of nitriles is 1. The molecule has 0 bridgehead atoms. The zero-order valence-corrected chi connectivity index (χ0v) is 18.6. The highest BCUT2D eigenvalue weighted by Gasteiger charge is 2.27. The molecule has 0 aliphatic heterocycles. The van der Waals surface area contributed by atoms with E-state index in [0.29, 0.717) is 35.3 Å². The maximum Gasteiger partial charge on any atom is 0.267 e. The zero-order valence-electron chi connectivity index (χ0n) is 18.6. The first-order chi connectivity index (χ1) is 16.2. The van der Waals surface area contributed by atoms with Crippen LogP contribution in [-0.2, 0) is 13.0 Å². The number of primary amides is 2. The first-order valence-electron chi connectivity index (χ1n) is 10.4. The maximum atomic E-state index is 13.8. The van der Waals surface area contributed by atoms with Crippen LogP contribution in [0.4, 0.5) is 4.39 Å². The number of nitrogens with two attached hydrogens (primary N) is 2. The first-order valence-corrected chi connectivity index (χ1v) is 10.4. The largest absolute Gasteiger partial charge is 0.366 e. The van der Waals surface area contributed by atoms with E-state index in [4.69, 9.17) is 16.7 Å². The van der Waals surface area contributed by atoms with Gasteiger partial charge >= 0.3 is 0 Å². The summed E-state index contributed by atoms with van der Waals surface area (Å²) in [5, 5.41) is 13.8. The van der Waals surface area contributed by atoms with Gasteiger partial charge in [0.2, 0.25) is 5.91 Å². The van der Waals surface area contributed by atoms with Gasteiger partial charge in [-0.3, -0.25) is 14.3 Å². The van der Waals surface area contributed by atoms with Crippen LogP contribution in [0.15, 0.2) is 42.5 Å². The number of hydrogen-bond donors (Lipinski definition) is 2. The predicted octanol–water partition coefficient (Wildman–Crippen LogP) is 3.17. The second kappa shape index (κ2) is 8.75. The number of benzene rings is 2. The minimum Gasteiger partial charge on any atom is -0.366 e. The van der Waals surface area contributed by atoms with Crippen LogP contribution in [0.3, 0.4) is 0 Å². The van der Waals surface area contributed by atoms with Gasteiger partial charge < -0.3 is 11.5 Å². The van der Waals surface area contributed by atoms with E-state index < -0.39 is 17.6 Å². The Labute approximate surface area is 194 Å². The number of pyridine rings is 1. The van der Waals surface area contributed by atoms with Crippen molar-refractivity contribution in [1.29, 1.82) is 5.26 Å². The van der Waals surface area contributed by atoms with Crippen molar-refractivity contribution >= 4 is 22.7 Å². The molecule has 0 spiro atoms. The Morgan fingerprint density at radius 2 is 1.71 bits per heavy atom. The number of carbonyl (C=O) groups is 2. The van der Waals surface area contributed by atoms with E-state index in [0.717, 1.165) is 17.2 Å². The number of carbonyl (C=O) groups excluding carboxylic acids is 2. The smallest absolute Gasteiger partial charge is 0.267 e. The van der Waals surface area contributed by atoms with Crippen LogP contribution in [-0.4, -0.2) is 26.6 Å². The van der Waals surface area contributed by atoms with Gasteiger partial charge in [-0.25, -0.2) is 9.37 Å². The fourth-order valence-corrected chi connectivity index (χ4v) is 4.16. The second-order valence-electron chi connectivity index (χ2n) is 7.96. The average molecular weight is 456 g/mol. The van der Waals surface area contributed by atoms with Gasteiger partial charge in [-0.15, -0.1) is 0 Å². The molecular formula is C25H21FN6O2. The summed E-state index contributed by atoms with van der Waals surface area (Å²) in [6.45, 7) is 3.98. The molecule has 0 saturated carbocycles. The summed E-state index contributed by atoms with van der Waals surface area (Å²) in [5.74, 6) is -2.24. The summed E-state index contributed by atoms with van der Waals surface area (Å²) in [6, 6.07) is 13.4. The van der Waals surface area contributed by atoms with Crippen molar-refractivity contribution in [1.82, 2.24) is 14.8 Å². The van der Waals surface area contributed by atoms with E-state index >= 15 is 0 Å². The van der Waals surface area contributed by atoms with Crippen molar-refractivity contribution in [2.45, 2.75) is 26.8 Å². The molecule has 170 valence electrons. The SMILES string of the molecule is Cc1nn(Cc2ccc(CC#N)cc2)c(C)c1-c1c(C(N)=O)nc2cc(F)ccc2c1C(N)=O. The van der Waals surface area contributed by atoms with Gasteiger partial charge in [-0.2, -0.15) is 10.4 Å². The molecule has 34 heavy (non-hydrogen) atoms. The normalized spacial score (nSPS) is 10.9. The van der Waals surface area contributed by atoms with E-state index in [1.165, 1.54) is 12.1 Å². The maximum absolute atomic E-state index is 13.8. The van der Waals surface area contributed by atoms with E-state index in [9.17, 15) is 14.0 Å². The van der Waals surface area contributed by atoms with Crippen LogP contribution in [0.5, 0.6) is 0 Å². The standard InChI is InChI=1S/C25H21FN6O2/c1-13-20(14(2)32(31-13)12-16-5-3-15(4-6-16)9-10-27)22-21(24(28)33)18-8-7-17(26)11-19(18)30-23(22)25(29)34/h3-8,11H,9,12H2,1-2H3,(H2,28,33)(H2,29,34). The summed E-state index contributed by atoms with van der Waals surface area (Å²) < 4.78 is 15.6. The lowest BCUT2D eigenvalue weighted by Crippen LogP contribution is -2.21. The van der Waals surface area contributed by atoms with Crippen molar-refractivity contribution in [3.8, 4) is 17.2 Å². The number of halogens is 1. The van der Waals surface area contributed by atoms with Gasteiger partial charge in [0.15, 0.2) is 0 Å². The molecule has 0 fully saturated rings. The molecule has 0 unspecified atom stereocenters. The number of nitrogens with zero attached hydrogens (tertiary/aromatic N) is 4. The zero-order chi connectivity index (χ0) is 24.6. The molecule has 4 aromatic rings. The van der Waals surface area contributed by atoms with E-state index in [1.807, 2.05) is 31.2 Å². The number of aryl methyl sites for hydroxylation is 1. The number of amides is 2. The molecule has 8 nitrogen and oxygen atoms in total. The molecule has 2 amide bonds. The van der Waals surface area contributed by atoms with Gasteiger partial charge in [-0.1, -0.05) is 24.3 Å². The Balaban J connectivity index is 1.92. The lowest BCUT2D eigenvalue weighted by molar-refractivity contribution is 0.0996. The number of fused-ring (bicyclic) bond motifs is 1. The van der Waals surface area contributed by atoms with Crippen LogP contribution in [0, 0.1) is 31.0 Å². The molecule has 4 rings (SSSR count). The highest BCUT2D eigenvalue weighted by atomic mass is 19.1. The molecule has 0 saturated heterocycles. The van der Waals surface area contributed by atoms with Crippen molar-refractivity contribution in [3.63, 3.8) is 0 Å². The second-order valence-corrected chi connectivity index (χ2v) is 7.96. The average Bonchev–Trinajstić information content (AvgIpc) is 3.06. The predicted molar refractivity (Wildman–Crippen MR) is 124 cm³/mol. The quantitative estimate of drug-likeness (QED) is 0.458. The number of rotatable bonds is 6. The summed E-state index contributed by atoms with van der Waals surface area (Å²) in [6.07, 6.45) is 0.328. The highest BCUT2D eigenvalue weighted by molar-refractivity contribution is 6.15. The van der Waals surface area contributed by atoms with E-state index in [-0.39, 0.29) is 22.3 Å². The molecule has 0 radical (unpaired) electrons. The van der Waals surface area contributed by atoms with Crippen molar-refractivity contribution in [2.24, 2.45) is 11.5 Å². The Morgan fingerprint density at radius 1 is 1.03 bits per heavy atom. The molecule has 9 heteroatoms. The lowest BCUT2D eigenvalue weighted by Gasteiger charge is -2.15. The summed E-state index contributed by atoms with van der Waals surface area (Å²) in [4.78, 5) is 29.2. The Bertz CT molecular complexity index is 1500. The molecule has 4 N–H and O–H groups in total. The number of aromatic nitrogens is 3. The van der Waals surface area contributed by atoms with E-state index in [2.05, 4.69) is 16.2 Å². The topological polar surface area (TPSA) is 141 Å². The van der Waals surface area contributed by atoms with Crippen molar-refractivity contribution in [2.75, 3.05) is 0 Å². The molecule has 0 atom stereocenters. The highest BCUT2D eigenvalue weighted by Crippen LogP contribution is 2.36. The summed E-state index contributed by atoms with van der Waals surface area (Å²) in [5.41, 5.74) is 15.1. The first kappa shape index (κ1) is 22.6. The third-order valence-corrected chi connectivity index (χ3v) is 5.70. The van der Waals surface area contributed by atoms with Crippen molar-refractivity contribution < 1.29 is 14.0 Å². The minimum absolute atomic E-state index is 0.0328. The third kappa shape index (κ3) is 3.97. The molecule has 0 aliphatic carbocycles. The molecule has 0 aliphatic rings.